The Bertz CT molecular complexity index is 684. The summed E-state index contributed by atoms with van der Waals surface area (Å²) >= 11 is 0. The summed E-state index contributed by atoms with van der Waals surface area (Å²) in [4.78, 5) is 0. The second kappa shape index (κ2) is 6.15. The highest BCUT2D eigenvalue weighted by molar-refractivity contribution is 5.40. The van der Waals surface area contributed by atoms with E-state index in [9.17, 15) is 5.11 Å². The van der Waals surface area contributed by atoms with E-state index in [1.165, 1.54) is 0 Å². The Morgan fingerprint density at radius 2 is 1.67 bits per heavy atom. The van der Waals surface area contributed by atoms with Gasteiger partial charge in [-0.15, -0.1) is 0 Å². The van der Waals surface area contributed by atoms with Crippen LogP contribution in [0.15, 0.2) is 60.7 Å². The van der Waals surface area contributed by atoms with E-state index in [-0.39, 0.29) is 12.6 Å². The molecular weight excluding hydrogens is 266 g/mol. The van der Waals surface area contributed by atoms with E-state index in [2.05, 4.69) is 20.8 Å². The topological polar surface area (TPSA) is 75.9 Å². The molecule has 0 spiro atoms. The molecule has 2 aromatic carbocycles. The molecule has 6 nitrogen and oxygen atoms in total. The minimum absolute atomic E-state index is 0.0499. The highest BCUT2D eigenvalue weighted by atomic mass is 16.3. The number of aliphatic hydroxyl groups is 1. The molecule has 3 aromatic rings. The summed E-state index contributed by atoms with van der Waals surface area (Å²) in [5.41, 5.74) is 1.83. The molecule has 0 amide bonds. The van der Waals surface area contributed by atoms with Gasteiger partial charge in [0.05, 0.1) is 18.3 Å². The monoisotopic (exact) mass is 281 g/mol. The predicted octanol–water partition coefficient (Wildman–Crippen LogP) is 1.81. The first-order valence-corrected chi connectivity index (χ1v) is 6.64. The normalized spacial score (nSPS) is 12.0. The van der Waals surface area contributed by atoms with Crippen molar-refractivity contribution in [2.45, 2.75) is 6.04 Å². The number of para-hydroxylation sites is 1. The Balaban J connectivity index is 1.87. The first kappa shape index (κ1) is 13.3. The third kappa shape index (κ3) is 2.90. The van der Waals surface area contributed by atoms with Crippen LogP contribution in [0, 0.1) is 0 Å². The smallest absolute Gasteiger partial charge is 0.248 e. The summed E-state index contributed by atoms with van der Waals surface area (Å²) in [7, 11) is 0. The number of hydrogen-bond acceptors (Lipinski definition) is 5. The predicted molar refractivity (Wildman–Crippen MR) is 79.0 cm³/mol. The minimum Gasteiger partial charge on any atom is -0.394 e. The molecule has 0 aliphatic carbocycles. The number of aliphatic hydroxyl groups excluding tert-OH is 1. The van der Waals surface area contributed by atoms with E-state index in [0.29, 0.717) is 5.95 Å². The summed E-state index contributed by atoms with van der Waals surface area (Å²) in [5.74, 6) is 0.490. The number of anilines is 1. The van der Waals surface area contributed by atoms with Gasteiger partial charge < -0.3 is 10.4 Å². The highest BCUT2D eigenvalue weighted by Crippen LogP contribution is 2.19. The van der Waals surface area contributed by atoms with Crippen LogP contribution in [0.5, 0.6) is 0 Å². The molecule has 0 radical (unpaired) electrons. The molecule has 6 heteroatoms. The number of aromatic nitrogens is 4. The van der Waals surface area contributed by atoms with E-state index in [1.807, 2.05) is 60.7 Å². The molecule has 1 heterocycles. The fourth-order valence-corrected chi connectivity index (χ4v) is 2.10. The van der Waals surface area contributed by atoms with E-state index < -0.39 is 0 Å². The first-order chi connectivity index (χ1) is 10.4. The number of rotatable bonds is 5. The summed E-state index contributed by atoms with van der Waals surface area (Å²) in [6.07, 6.45) is 0. The molecular formula is C15H15N5O. The van der Waals surface area contributed by atoms with Gasteiger partial charge in [0.25, 0.3) is 0 Å². The van der Waals surface area contributed by atoms with Crippen LogP contribution in [0.4, 0.5) is 5.95 Å². The zero-order chi connectivity index (χ0) is 14.5. The third-order valence-corrected chi connectivity index (χ3v) is 3.16. The lowest BCUT2D eigenvalue weighted by Crippen LogP contribution is -2.17. The van der Waals surface area contributed by atoms with Crippen LogP contribution in [0.2, 0.25) is 0 Å². The van der Waals surface area contributed by atoms with Crippen molar-refractivity contribution >= 4 is 5.95 Å². The first-order valence-electron chi connectivity index (χ1n) is 6.64. The standard InChI is InChI=1S/C15H15N5O/c21-11-14(12-7-3-1-4-8-12)16-15-17-18-19-20(15)13-9-5-2-6-10-13/h1-10,14,21H,11H2,(H,16,17,19). The molecule has 0 aliphatic rings. The van der Waals surface area contributed by atoms with Gasteiger partial charge in [-0.1, -0.05) is 53.6 Å². The fourth-order valence-electron chi connectivity index (χ4n) is 2.10. The molecule has 0 saturated carbocycles. The molecule has 1 aromatic heterocycles. The largest absolute Gasteiger partial charge is 0.394 e. The molecule has 0 aliphatic heterocycles. The number of nitrogens with zero attached hydrogens (tertiary/aromatic N) is 4. The molecule has 3 rings (SSSR count). The van der Waals surface area contributed by atoms with Crippen molar-refractivity contribution in [3.05, 3.63) is 66.2 Å². The molecule has 106 valence electrons. The van der Waals surface area contributed by atoms with Crippen LogP contribution in [0.25, 0.3) is 5.69 Å². The van der Waals surface area contributed by atoms with Crippen molar-refractivity contribution in [2.24, 2.45) is 0 Å². The summed E-state index contributed by atoms with van der Waals surface area (Å²) < 4.78 is 1.60. The Morgan fingerprint density at radius 1 is 1.00 bits per heavy atom. The molecule has 21 heavy (non-hydrogen) atoms. The van der Waals surface area contributed by atoms with Crippen molar-refractivity contribution in [1.29, 1.82) is 0 Å². The minimum atomic E-state index is -0.264. The summed E-state index contributed by atoms with van der Waals surface area (Å²) in [5, 5.41) is 24.4. The van der Waals surface area contributed by atoms with Gasteiger partial charge in [-0.3, -0.25) is 0 Å². The van der Waals surface area contributed by atoms with E-state index >= 15 is 0 Å². The number of tetrazole rings is 1. The average molecular weight is 281 g/mol. The number of hydrogen-bond donors (Lipinski definition) is 2. The lowest BCUT2D eigenvalue weighted by Gasteiger charge is -2.17. The van der Waals surface area contributed by atoms with Gasteiger partial charge in [-0.2, -0.15) is 4.68 Å². The second-order valence-corrected chi connectivity index (χ2v) is 4.54. The lowest BCUT2D eigenvalue weighted by molar-refractivity contribution is 0.275. The van der Waals surface area contributed by atoms with Gasteiger partial charge in [0.2, 0.25) is 5.95 Å². The Morgan fingerprint density at radius 3 is 2.33 bits per heavy atom. The van der Waals surface area contributed by atoms with Crippen LogP contribution < -0.4 is 5.32 Å². The van der Waals surface area contributed by atoms with E-state index in [4.69, 9.17) is 0 Å². The van der Waals surface area contributed by atoms with Crippen LogP contribution in [-0.2, 0) is 0 Å². The Labute approximate surface area is 122 Å². The third-order valence-electron chi connectivity index (χ3n) is 3.16. The molecule has 2 N–H and O–H groups in total. The summed E-state index contributed by atoms with van der Waals surface area (Å²) in [6.45, 7) is -0.0499. The SMILES string of the molecule is OCC(Nc1nnnn1-c1ccccc1)c1ccccc1. The van der Waals surface area contributed by atoms with Crippen molar-refractivity contribution in [2.75, 3.05) is 11.9 Å². The van der Waals surface area contributed by atoms with Crippen molar-refractivity contribution in [3.63, 3.8) is 0 Å². The maximum Gasteiger partial charge on any atom is 0.248 e. The second-order valence-electron chi connectivity index (χ2n) is 4.54. The molecule has 0 bridgehead atoms. The van der Waals surface area contributed by atoms with Crippen LogP contribution in [-0.4, -0.2) is 31.9 Å². The van der Waals surface area contributed by atoms with Gasteiger partial charge >= 0.3 is 0 Å². The van der Waals surface area contributed by atoms with Crippen LogP contribution in [0.1, 0.15) is 11.6 Å². The molecule has 0 saturated heterocycles. The van der Waals surface area contributed by atoms with E-state index in [0.717, 1.165) is 11.3 Å². The maximum absolute atomic E-state index is 9.60. The van der Waals surface area contributed by atoms with Crippen LogP contribution >= 0.6 is 0 Å². The van der Waals surface area contributed by atoms with Crippen molar-refractivity contribution in [1.82, 2.24) is 20.2 Å². The Kier molecular flexibility index (Phi) is 3.88. The van der Waals surface area contributed by atoms with Gasteiger partial charge in [0.15, 0.2) is 0 Å². The lowest BCUT2D eigenvalue weighted by atomic mass is 10.1. The van der Waals surface area contributed by atoms with Crippen molar-refractivity contribution < 1.29 is 5.11 Å². The zero-order valence-electron chi connectivity index (χ0n) is 11.3. The van der Waals surface area contributed by atoms with Gasteiger partial charge in [0.1, 0.15) is 0 Å². The van der Waals surface area contributed by atoms with Crippen molar-refractivity contribution in [3.8, 4) is 5.69 Å². The Hall–Kier alpha value is -2.73. The quantitative estimate of drug-likeness (QED) is 0.746. The van der Waals surface area contributed by atoms with Crippen LogP contribution in [0.3, 0.4) is 0 Å². The zero-order valence-corrected chi connectivity index (χ0v) is 11.3. The maximum atomic E-state index is 9.60. The van der Waals surface area contributed by atoms with Gasteiger partial charge in [-0.05, 0) is 28.1 Å². The van der Waals surface area contributed by atoms with E-state index in [1.54, 1.807) is 4.68 Å². The fraction of sp³-hybridized carbons (Fsp3) is 0.133. The van der Waals surface area contributed by atoms with Gasteiger partial charge in [0, 0.05) is 0 Å². The molecule has 1 atom stereocenters. The molecule has 0 fully saturated rings. The number of nitrogens with one attached hydrogen (secondary N) is 1. The highest BCUT2D eigenvalue weighted by Gasteiger charge is 2.15. The number of benzene rings is 2. The van der Waals surface area contributed by atoms with Gasteiger partial charge in [-0.25, -0.2) is 0 Å². The summed E-state index contributed by atoms with van der Waals surface area (Å²) in [6, 6.07) is 19.0. The molecule has 1 unspecified atom stereocenters. The average Bonchev–Trinajstić information content (AvgIpc) is 3.02.